The fraction of sp³-hybridized carbons (Fsp3) is 0.949. The molecule has 17 nitrogen and oxygen atoms in total. The van der Waals surface area contributed by atoms with E-state index < -0.39 is 97.5 Å². The van der Waals surface area contributed by atoms with E-state index in [-0.39, 0.29) is 25.7 Å². The maximum Gasteiger partial charge on any atom is 0.472 e. The van der Waals surface area contributed by atoms with Gasteiger partial charge in [0.25, 0.3) is 0 Å². The van der Waals surface area contributed by atoms with E-state index in [4.69, 9.17) is 37.0 Å². The van der Waals surface area contributed by atoms with Gasteiger partial charge in [0, 0.05) is 25.7 Å². The van der Waals surface area contributed by atoms with Crippen LogP contribution in [-0.2, 0) is 65.4 Å². The largest absolute Gasteiger partial charge is 0.472 e. The zero-order chi connectivity index (χ0) is 71.4. The smallest absolute Gasteiger partial charge is 0.462 e. The van der Waals surface area contributed by atoms with Gasteiger partial charge in [-0.3, -0.25) is 37.3 Å². The number of carbonyl (C=O) groups excluding carboxylic acids is 4. The third kappa shape index (κ3) is 69.5. The average Bonchev–Trinajstić information content (AvgIpc) is 1.05. The van der Waals surface area contributed by atoms with Gasteiger partial charge in [0.05, 0.1) is 26.4 Å². The van der Waals surface area contributed by atoms with E-state index in [1.165, 1.54) is 218 Å². The molecule has 0 saturated carbocycles. The van der Waals surface area contributed by atoms with Crippen molar-refractivity contribution in [2.45, 2.75) is 426 Å². The van der Waals surface area contributed by atoms with E-state index >= 15 is 0 Å². The molecule has 19 heteroatoms. The number of ether oxygens (including phenoxy) is 4. The number of aliphatic hydroxyl groups excluding tert-OH is 1. The molecule has 0 aromatic heterocycles. The van der Waals surface area contributed by atoms with Gasteiger partial charge >= 0.3 is 39.5 Å². The lowest BCUT2D eigenvalue weighted by Gasteiger charge is -2.21. The molecule has 0 saturated heterocycles. The number of rotatable bonds is 77. The lowest BCUT2D eigenvalue weighted by atomic mass is 9.99. The van der Waals surface area contributed by atoms with Gasteiger partial charge in [0.2, 0.25) is 0 Å². The second kappa shape index (κ2) is 69.8. The fourth-order valence-corrected chi connectivity index (χ4v) is 13.5. The summed E-state index contributed by atoms with van der Waals surface area (Å²) in [5, 5.41) is 10.6. The average molecular weight is 1420 g/mol. The molecule has 4 unspecified atom stereocenters. The topological polar surface area (TPSA) is 237 Å². The van der Waals surface area contributed by atoms with Crippen LogP contribution in [0.25, 0.3) is 0 Å². The highest BCUT2D eigenvalue weighted by atomic mass is 31.2. The monoisotopic (exact) mass is 1420 g/mol. The number of aliphatic hydroxyl groups is 1. The van der Waals surface area contributed by atoms with Crippen molar-refractivity contribution in [3.05, 3.63) is 0 Å². The number of hydrogen-bond acceptors (Lipinski definition) is 15. The summed E-state index contributed by atoms with van der Waals surface area (Å²) in [6.07, 6.45) is 58.2. The third-order valence-electron chi connectivity index (χ3n) is 18.9. The van der Waals surface area contributed by atoms with Crippen molar-refractivity contribution < 1.29 is 80.2 Å². The van der Waals surface area contributed by atoms with Gasteiger partial charge in [-0.25, -0.2) is 9.13 Å². The van der Waals surface area contributed by atoms with Crippen molar-refractivity contribution in [1.29, 1.82) is 0 Å². The predicted octanol–water partition coefficient (Wildman–Crippen LogP) is 23.1. The molecule has 0 aliphatic heterocycles. The highest BCUT2D eigenvalue weighted by molar-refractivity contribution is 7.47. The van der Waals surface area contributed by atoms with Crippen molar-refractivity contribution in [2.24, 2.45) is 11.8 Å². The molecule has 0 bridgehead atoms. The number of phosphoric ester groups is 2. The molecule has 0 aromatic rings. The van der Waals surface area contributed by atoms with Crippen molar-refractivity contribution in [2.75, 3.05) is 39.6 Å². The second-order valence-electron chi connectivity index (χ2n) is 28.6. The van der Waals surface area contributed by atoms with Crippen molar-refractivity contribution in [3.63, 3.8) is 0 Å². The lowest BCUT2D eigenvalue weighted by molar-refractivity contribution is -0.161. The minimum Gasteiger partial charge on any atom is -0.462 e. The second-order valence-corrected chi connectivity index (χ2v) is 31.5. The summed E-state index contributed by atoms with van der Waals surface area (Å²) in [5.41, 5.74) is 0. The van der Waals surface area contributed by atoms with Gasteiger partial charge in [0.1, 0.15) is 19.3 Å². The number of hydrogen-bond donors (Lipinski definition) is 3. The molecule has 3 N–H and O–H groups in total. The Morgan fingerprint density at radius 1 is 0.289 bits per heavy atom. The first-order valence-electron chi connectivity index (χ1n) is 40.6. The molecular formula is C78H152O17P2. The normalized spacial score (nSPS) is 14.5. The molecular weight excluding hydrogens is 1270 g/mol. The fourth-order valence-electron chi connectivity index (χ4n) is 11.9. The van der Waals surface area contributed by atoms with E-state index in [1.54, 1.807) is 0 Å². The van der Waals surface area contributed by atoms with Gasteiger partial charge in [-0.1, -0.05) is 356 Å². The van der Waals surface area contributed by atoms with Crippen LogP contribution in [0.4, 0.5) is 0 Å². The van der Waals surface area contributed by atoms with Gasteiger partial charge in [-0.2, -0.15) is 0 Å². The molecule has 576 valence electrons. The molecule has 0 aromatic carbocycles. The van der Waals surface area contributed by atoms with Gasteiger partial charge in [-0.05, 0) is 37.5 Å². The minimum atomic E-state index is -4.96. The van der Waals surface area contributed by atoms with Crippen LogP contribution in [0.3, 0.4) is 0 Å². The summed E-state index contributed by atoms with van der Waals surface area (Å²) < 4.78 is 68.6. The zero-order valence-electron chi connectivity index (χ0n) is 63.4. The third-order valence-corrected chi connectivity index (χ3v) is 20.8. The molecule has 0 radical (unpaired) electrons. The Balaban J connectivity index is 5.25. The summed E-state index contributed by atoms with van der Waals surface area (Å²) in [6.45, 7) is 9.60. The predicted molar refractivity (Wildman–Crippen MR) is 395 cm³/mol. The minimum absolute atomic E-state index is 0.106. The summed E-state index contributed by atoms with van der Waals surface area (Å²) in [4.78, 5) is 72.9. The molecule has 0 fully saturated rings. The van der Waals surface area contributed by atoms with E-state index in [1.807, 2.05) is 0 Å². The van der Waals surface area contributed by atoms with Crippen molar-refractivity contribution in [3.8, 4) is 0 Å². The highest BCUT2D eigenvalue weighted by Crippen LogP contribution is 2.45. The Morgan fingerprint density at radius 3 is 0.732 bits per heavy atom. The molecule has 0 aliphatic carbocycles. The van der Waals surface area contributed by atoms with Gasteiger partial charge in [0.15, 0.2) is 12.2 Å². The van der Waals surface area contributed by atoms with Gasteiger partial charge < -0.3 is 33.8 Å². The van der Waals surface area contributed by atoms with Crippen LogP contribution in [0.2, 0.25) is 0 Å². The number of unbranched alkanes of at least 4 members (excludes halogenated alkanes) is 45. The Morgan fingerprint density at radius 2 is 0.495 bits per heavy atom. The molecule has 7 atom stereocenters. The molecule has 0 aliphatic rings. The zero-order valence-corrected chi connectivity index (χ0v) is 65.2. The quantitative estimate of drug-likeness (QED) is 0.0222. The van der Waals surface area contributed by atoms with Crippen LogP contribution in [0.5, 0.6) is 0 Å². The Labute approximate surface area is 594 Å². The summed E-state index contributed by atoms with van der Waals surface area (Å²) >= 11 is 0. The first-order chi connectivity index (χ1) is 46.9. The molecule has 0 heterocycles. The Bertz CT molecular complexity index is 1880. The number of esters is 4. The maximum atomic E-state index is 13.1. The SMILES string of the molecule is CCCCCCCCCCCCCCCCCCCCC(=O)O[C@H](COC(=O)CCCCCCCCCCCCCCCCC)COP(=O)(O)OC[C@@H](O)COP(=O)(O)OC[C@@H](COC(=O)CCCCCCCCC(C)CC)OC(=O)CCCCCCCCCCCCC(C)CC. The highest BCUT2D eigenvalue weighted by Gasteiger charge is 2.30. The molecule has 0 spiro atoms. The van der Waals surface area contributed by atoms with Crippen molar-refractivity contribution in [1.82, 2.24) is 0 Å². The summed E-state index contributed by atoms with van der Waals surface area (Å²) in [7, 11) is -9.92. The Kier molecular flexibility index (Phi) is 68.4. The standard InChI is InChI=1S/C78H152O17P2/c1-7-11-13-15-17-19-21-23-25-26-27-29-31-33-38-42-50-56-62-77(82)94-73(66-88-75(80)60-54-48-41-37-32-30-28-24-22-20-18-16-14-12-8-2)68-92-96(84,85)90-64-72(79)65-91-97(86,87)93-69-74(67-89-76(81)61-55-49-45-44-47-53-59-71(6)10-4)95-78(83)63-57-51-43-39-35-34-36-40-46-52-58-70(5)9-3/h70-74,79H,7-69H2,1-6H3,(H,84,85)(H,86,87)/t70?,71?,72-,73-,74-/m1/s1. The van der Waals surface area contributed by atoms with Crippen LogP contribution in [-0.4, -0.2) is 96.7 Å². The van der Waals surface area contributed by atoms with E-state index in [2.05, 4.69) is 41.5 Å². The molecule has 0 amide bonds. The van der Waals surface area contributed by atoms with E-state index in [0.717, 1.165) is 108 Å². The van der Waals surface area contributed by atoms with Crippen molar-refractivity contribution >= 4 is 39.5 Å². The van der Waals surface area contributed by atoms with Crippen LogP contribution in [0.15, 0.2) is 0 Å². The molecule has 0 rings (SSSR count). The first-order valence-corrected chi connectivity index (χ1v) is 43.6. The van der Waals surface area contributed by atoms with Crippen LogP contribution in [0, 0.1) is 11.8 Å². The number of carbonyl (C=O) groups is 4. The van der Waals surface area contributed by atoms with E-state index in [0.29, 0.717) is 25.7 Å². The van der Waals surface area contributed by atoms with Crippen LogP contribution in [0.1, 0.15) is 408 Å². The summed E-state index contributed by atoms with van der Waals surface area (Å²) in [6, 6.07) is 0. The lowest BCUT2D eigenvalue weighted by Crippen LogP contribution is -2.30. The summed E-state index contributed by atoms with van der Waals surface area (Å²) in [5.74, 6) is -0.579. The van der Waals surface area contributed by atoms with Crippen LogP contribution < -0.4 is 0 Å². The maximum absolute atomic E-state index is 13.1. The van der Waals surface area contributed by atoms with Gasteiger partial charge in [-0.15, -0.1) is 0 Å². The number of phosphoric acid groups is 2. The van der Waals surface area contributed by atoms with E-state index in [9.17, 15) is 43.2 Å². The first kappa shape index (κ1) is 95.1. The van der Waals surface area contributed by atoms with Crippen LogP contribution >= 0.6 is 15.6 Å². The molecule has 97 heavy (non-hydrogen) atoms. The Hall–Kier alpha value is -1.94.